The third-order valence-electron chi connectivity index (χ3n) is 5.09. The van der Waals surface area contributed by atoms with Crippen molar-refractivity contribution in [3.63, 3.8) is 0 Å². The van der Waals surface area contributed by atoms with Gasteiger partial charge in [0.05, 0.1) is 0 Å². The summed E-state index contributed by atoms with van der Waals surface area (Å²) in [7, 11) is 0. The average Bonchev–Trinajstić information content (AvgIpc) is 2.77. The standard InChI is InChI=1S/C23H13Cl6N3/c1-2-21(18-30-19(22(24,25)26)32-20(31-18)23(27,28)29)12-10-15(11-13-21)17-9-5-7-14-6-3-4-8-16(14)17/h1,3-12H,13H2. The van der Waals surface area contributed by atoms with Gasteiger partial charge in [0.25, 0.3) is 0 Å². The molecule has 0 bridgehead atoms. The number of hydrogen-bond acceptors (Lipinski definition) is 3. The van der Waals surface area contributed by atoms with Crippen LogP contribution < -0.4 is 0 Å². The van der Waals surface area contributed by atoms with Crippen LogP contribution in [0.4, 0.5) is 0 Å². The molecule has 4 rings (SSSR count). The van der Waals surface area contributed by atoms with Crippen LogP contribution >= 0.6 is 69.6 Å². The Morgan fingerprint density at radius 1 is 0.844 bits per heavy atom. The molecule has 1 atom stereocenters. The van der Waals surface area contributed by atoms with Crippen molar-refractivity contribution in [3.05, 3.63) is 83.7 Å². The van der Waals surface area contributed by atoms with Gasteiger partial charge >= 0.3 is 0 Å². The summed E-state index contributed by atoms with van der Waals surface area (Å²) in [5.74, 6) is 2.55. The maximum absolute atomic E-state index is 6.01. The van der Waals surface area contributed by atoms with Gasteiger partial charge in [-0.15, -0.1) is 6.42 Å². The maximum Gasteiger partial charge on any atom is 0.250 e. The van der Waals surface area contributed by atoms with E-state index in [0.717, 1.165) is 21.9 Å². The van der Waals surface area contributed by atoms with Crippen molar-refractivity contribution >= 4 is 86.0 Å². The molecule has 0 radical (unpaired) electrons. The van der Waals surface area contributed by atoms with E-state index in [0.29, 0.717) is 6.42 Å². The summed E-state index contributed by atoms with van der Waals surface area (Å²) in [4.78, 5) is 12.6. The number of hydrogen-bond donors (Lipinski definition) is 0. The SMILES string of the molecule is C#CC1(c2nc(C(Cl)(Cl)Cl)nc(C(Cl)(Cl)Cl)n2)C=CC(c2cccc3ccccc23)=CC1. The molecule has 0 saturated heterocycles. The number of allylic oxidation sites excluding steroid dienone is 4. The van der Waals surface area contributed by atoms with Crippen molar-refractivity contribution in [2.24, 2.45) is 0 Å². The molecule has 0 spiro atoms. The molecule has 0 aliphatic heterocycles. The van der Waals surface area contributed by atoms with E-state index in [9.17, 15) is 0 Å². The molecular weight excluding hydrogens is 531 g/mol. The topological polar surface area (TPSA) is 38.7 Å². The van der Waals surface area contributed by atoms with E-state index < -0.39 is 13.0 Å². The molecule has 0 N–H and O–H groups in total. The molecule has 1 aromatic heterocycles. The molecule has 0 saturated carbocycles. The molecule has 0 amide bonds. The third-order valence-corrected chi connectivity index (χ3v) is 6.11. The predicted octanol–water partition coefficient (Wildman–Crippen LogP) is 7.59. The quantitative estimate of drug-likeness (QED) is 0.247. The van der Waals surface area contributed by atoms with Gasteiger partial charge in [0, 0.05) is 0 Å². The summed E-state index contributed by atoms with van der Waals surface area (Å²) in [5, 5.41) is 2.28. The van der Waals surface area contributed by atoms with E-state index in [1.807, 2.05) is 36.4 Å². The molecular formula is C23H13Cl6N3. The number of benzene rings is 2. The Balaban J connectivity index is 1.79. The van der Waals surface area contributed by atoms with Crippen LogP contribution in [0, 0.1) is 12.3 Å². The minimum Gasteiger partial charge on any atom is -0.211 e. The molecule has 1 aliphatic rings. The third kappa shape index (κ3) is 4.59. The first-order valence-corrected chi connectivity index (χ1v) is 11.6. The Hall–Kier alpha value is -1.51. The van der Waals surface area contributed by atoms with Crippen molar-refractivity contribution in [1.29, 1.82) is 0 Å². The summed E-state index contributed by atoms with van der Waals surface area (Å²) in [6.45, 7) is 0. The number of alkyl halides is 6. The lowest BCUT2D eigenvalue weighted by Crippen LogP contribution is -2.29. The van der Waals surface area contributed by atoms with E-state index in [-0.39, 0.29) is 17.5 Å². The van der Waals surface area contributed by atoms with Crippen LogP contribution in [0.15, 0.2) is 60.7 Å². The van der Waals surface area contributed by atoms with Crippen LogP contribution in [0.3, 0.4) is 0 Å². The van der Waals surface area contributed by atoms with Crippen molar-refractivity contribution in [3.8, 4) is 12.3 Å². The van der Waals surface area contributed by atoms with Crippen LogP contribution in [-0.2, 0) is 13.0 Å². The van der Waals surface area contributed by atoms with Gasteiger partial charge in [-0.3, -0.25) is 0 Å². The first-order chi connectivity index (χ1) is 15.0. The maximum atomic E-state index is 6.01. The Morgan fingerprint density at radius 3 is 2.03 bits per heavy atom. The molecule has 3 aromatic rings. The fourth-order valence-corrected chi connectivity index (χ4v) is 3.99. The van der Waals surface area contributed by atoms with Crippen LogP contribution in [0.1, 0.15) is 29.5 Å². The lowest BCUT2D eigenvalue weighted by Gasteiger charge is -2.27. The summed E-state index contributed by atoms with van der Waals surface area (Å²) in [6, 6.07) is 14.3. The van der Waals surface area contributed by atoms with Crippen molar-refractivity contribution in [2.45, 2.75) is 19.4 Å². The number of fused-ring (bicyclic) bond motifs is 1. The number of nitrogens with zero attached hydrogens (tertiary/aromatic N) is 3. The van der Waals surface area contributed by atoms with Crippen LogP contribution in [0.5, 0.6) is 0 Å². The van der Waals surface area contributed by atoms with E-state index in [2.05, 4.69) is 45.1 Å². The molecule has 32 heavy (non-hydrogen) atoms. The number of rotatable bonds is 2. The summed E-state index contributed by atoms with van der Waals surface area (Å²) in [6.07, 6.45) is 12.1. The summed E-state index contributed by atoms with van der Waals surface area (Å²) >= 11 is 36.0. The molecule has 1 heterocycles. The highest BCUT2D eigenvalue weighted by Crippen LogP contribution is 2.42. The fourth-order valence-electron chi connectivity index (χ4n) is 3.48. The lowest BCUT2D eigenvalue weighted by molar-refractivity contribution is 0.619. The normalized spacial score (nSPS) is 19.0. The highest BCUT2D eigenvalue weighted by molar-refractivity contribution is 6.67. The largest absolute Gasteiger partial charge is 0.250 e. The van der Waals surface area contributed by atoms with E-state index in [1.165, 1.54) is 0 Å². The van der Waals surface area contributed by atoms with Gasteiger partial charge in [0.15, 0.2) is 17.5 Å². The molecule has 162 valence electrons. The first kappa shape index (κ1) is 23.6. The van der Waals surface area contributed by atoms with Gasteiger partial charge in [-0.25, -0.2) is 15.0 Å². The van der Waals surface area contributed by atoms with Crippen LogP contribution in [0.2, 0.25) is 0 Å². The highest BCUT2D eigenvalue weighted by Gasteiger charge is 2.39. The zero-order valence-corrected chi connectivity index (χ0v) is 20.7. The number of aromatic nitrogens is 3. The van der Waals surface area contributed by atoms with Crippen molar-refractivity contribution in [1.82, 2.24) is 15.0 Å². The van der Waals surface area contributed by atoms with Crippen molar-refractivity contribution < 1.29 is 0 Å². The molecule has 3 nitrogen and oxygen atoms in total. The van der Waals surface area contributed by atoms with Crippen molar-refractivity contribution in [2.75, 3.05) is 0 Å². The second-order valence-corrected chi connectivity index (χ2v) is 11.7. The zero-order chi connectivity index (χ0) is 23.1. The predicted molar refractivity (Wildman–Crippen MR) is 134 cm³/mol. The first-order valence-electron chi connectivity index (χ1n) is 9.30. The second-order valence-electron chi connectivity index (χ2n) is 7.14. The lowest BCUT2D eigenvalue weighted by atomic mass is 9.78. The number of terminal acetylenes is 1. The Morgan fingerprint density at radius 2 is 1.47 bits per heavy atom. The summed E-state index contributed by atoms with van der Waals surface area (Å²) in [5.41, 5.74) is 1.07. The smallest absolute Gasteiger partial charge is 0.211 e. The van der Waals surface area contributed by atoms with Gasteiger partial charge < -0.3 is 0 Å². The van der Waals surface area contributed by atoms with E-state index in [1.54, 1.807) is 0 Å². The monoisotopic (exact) mass is 541 g/mol. The second kappa shape index (κ2) is 8.69. The van der Waals surface area contributed by atoms with Crippen LogP contribution in [0.25, 0.3) is 16.3 Å². The number of halogens is 6. The van der Waals surface area contributed by atoms with Gasteiger partial charge in [0.1, 0.15) is 5.41 Å². The molecule has 1 unspecified atom stereocenters. The van der Waals surface area contributed by atoms with Gasteiger partial charge in [-0.1, -0.05) is 136 Å². The molecule has 9 heteroatoms. The van der Waals surface area contributed by atoms with E-state index >= 15 is 0 Å². The Kier molecular flexibility index (Phi) is 6.42. The van der Waals surface area contributed by atoms with E-state index in [4.69, 9.17) is 76.0 Å². The van der Waals surface area contributed by atoms with Gasteiger partial charge in [-0.2, -0.15) is 0 Å². The Labute approximate surface area is 215 Å². The molecule has 2 aromatic carbocycles. The van der Waals surface area contributed by atoms with Gasteiger partial charge in [0.2, 0.25) is 7.59 Å². The minimum absolute atomic E-state index is 0.155. The average molecular weight is 544 g/mol. The highest BCUT2D eigenvalue weighted by atomic mass is 35.6. The molecule has 0 fully saturated rings. The fraction of sp³-hybridized carbons (Fsp3) is 0.174. The van der Waals surface area contributed by atoms with Gasteiger partial charge in [-0.05, 0) is 28.3 Å². The van der Waals surface area contributed by atoms with Crippen LogP contribution in [-0.4, -0.2) is 15.0 Å². The molecule has 1 aliphatic carbocycles. The zero-order valence-electron chi connectivity index (χ0n) is 16.2. The Bertz CT molecular complexity index is 1260. The minimum atomic E-state index is -1.96. The summed E-state index contributed by atoms with van der Waals surface area (Å²) < 4.78 is -3.92.